The number of nitrogen functional groups attached to an aromatic ring is 1. The van der Waals surface area contributed by atoms with Crippen molar-refractivity contribution in [2.45, 2.75) is 76.7 Å². The predicted molar refractivity (Wildman–Crippen MR) is 118 cm³/mol. The molecule has 29 heavy (non-hydrogen) atoms. The van der Waals surface area contributed by atoms with Gasteiger partial charge in [0.2, 0.25) is 0 Å². The molecule has 1 aromatic heterocycles. The van der Waals surface area contributed by atoms with Crippen molar-refractivity contribution in [3.8, 4) is 11.1 Å². The van der Waals surface area contributed by atoms with E-state index < -0.39 is 0 Å². The van der Waals surface area contributed by atoms with Crippen LogP contribution in [0.25, 0.3) is 11.1 Å². The minimum atomic E-state index is -0.125. The van der Waals surface area contributed by atoms with Gasteiger partial charge in [-0.25, -0.2) is 4.98 Å². The number of benzene rings is 1. The average Bonchev–Trinajstić information content (AvgIpc) is 3.14. The van der Waals surface area contributed by atoms with Crippen LogP contribution in [0.4, 0.5) is 5.82 Å². The summed E-state index contributed by atoms with van der Waals surface area (Å²) < 4.78 is 0. The first-order valence-electron chi connectivity index (χ1n) is 11.1. The highest BCUT2D eigenvalue weighted by atomic mass is 16.3. The number of nitrogens with zero attached hydrogens (tertiary/aromatic N) is 2. The van der Waals surface area contributed by atoms with Crippen LogP contribution in [-0.2, 0) is 13.1 Å². The molecule has 1 saturated heterocycles. The van der Waals surface area contributed by atoms with E-state index in [1.54, 1.807) is 0 Å². The summed E-state index contributed by atoms with van der Waals surface area (Å²) in [6.07, 6.45) is 8.17. The number of likely N-dealkylation sites (tertiary alicyclic amines) is 1. The Morgan fingerprint density at radius 2 is 1.86 bits per heavy atom. The summed E-state index contributed by atoms with van der Waals surface area (Å²) in [5, 5.41) is 13.3. The van der Waals surface area contributed by atoms with E-state index in [0.29, 0.717) is 17.9 Å². The number of nitrogens with one attached hydrogen (secondary N) is 1. The summed E-state index contributed by atoms with van der Waals surface area (Å²) in [5.41, 5.74) is 10.8. The molecule has 2 fully saturated rings. The molecule has 0 unspecified atom stereocenters. The molecular formula is C24H34N4O. The van der Waals surface area contributed by atoms with Gasteiger partial charge in [0, 0.05) is 42.5 Å². The van der Waals surface area contributed by atoms with Crippen LogP contribution in [0.5, 0.6) is 0 Å². The minimum absolute atomic E-state index is 0.125. The number of aromatic nitrogens is 1. The molecule has 1 atom stereocenters. The number of aliphatic hydroxyl groups excluding tert-OH is 1. The van der Waals surface area contributed by atoms with Crippen molar-refractivity contribution in [1.29, 1.82) is 0 Å². The Bertz CT molecular complexity index is 799. The largest absolute Gasteiger partial charge is 0.393 e. The second-order valence-electron chi connectivity index (χ2n) is 8.81. The van der Waals surface area contributed by atoms with Gasteiger partial charge in [-0.2, -0.15) is 0 Å². The third-order valence-electron chi connectivity index (χ3n) is 6.64. The van der Waals surface area contributed by atoms with Crippen LogP contribution in [0, 0.1) is 0 Å². The molecule has 1 aliphatic carbocycles. The van der Waals surface area contributed by atoms with E-state index in [1.807, 2.05) is 6.20 Å². The van der Waals surface area contributed by atoms with Crippen molar-refractivity contribution >= 4 is 5.82 Å². The fourth-order valence-corrected chi connectivity index (χ4v) is 4.62. The Balaban J connectivity index is 1.40. The van der Waals surface area contributed by atoms with Crippen molar-refractivity contribution in [2.75, 3.05) is 12.3 Å². The lowest BCUT2D eigenvalue weighted by atomic mass is 9.93. The predicted octanol–water partition coefficient (Wildman–Crippen LogP) is 3.71. The van der Waals surface area contributed by atoms with E-state index in [2.05, 4.69) is 52.5 Å². The molecular weight excluding hydrogens is 360 g/mol. The number of rotatable bonds is 6. The van der Waals surface area contributed by atoms with E-state index >= 15 is 0 Å². The van der Waals surface area contributed by atoms with Crippen LogP contribution < -0.4 is 11.1 Å². The van der Waals surface area contributed by atoms with Gasteiger partial charge in [0.1, 0.15) is 5.82 Å². The zero-order chi connectivity index (χ0) is 20.2. The zero-order valence-electron chi connectivity index (χ0n) is 17.5. The molecule has 2 aromatic rings. The maximum atomic E-state index is 9.67. The Morgan fingerprint density at radius 3 is 2.55 bits per heavy atom. The molecule has 0 radical (unpaired) electrons. The van der Waals surface area contributed by atoms with Crippen LogP contribution in [-0.4, -0.2) is 39.7 Å². The van der Waals surface area contributed by atoms with E-state index in [4.69, 9.17) is 5.73 Å². The van der Waals surface area contributed by atoms with E-state index in [-0.39, 0.29) is 6.10 Å². The normalized spacial score (nSPS) is 25.4. The zero-order valence-corrected chi connectivity index (χ0v) is 17.5. The molecule has 1 aromatic carbocycles. The first kappa shape index (κ1) is 20.3. The SMILES string of the molecule is C[C@@H]1CCCN1Cc1ccc(-c2cnc(N)c(CN[C@H]3CC[C@H](O)CC3)c2)cc1. The summed E-state index contributed by atoms with van der Waals surface area (Å²) >= 11 is 0. The molecule has 4 rings (SSSR count). The minimum Gasteiger partial charge on any atom is -0.393 e. The molecule has 1 saturated carbocycles. The second kappa shape index (κ2) is 9.24. The third kappa shape index (κ3) is 5.16. The van der Waals surface area contributed by atoms with Crippen LogP contribution in [0.3, 0.4) is 0 Å². The summed E-state index contributed by atoms with van der Waals surface area (Å²) in [6.45, 7) is 5.29. The van der Waals surface area contributed by atoms with Gasteiger partial charge in [-0.1, -0.05) is 24.3 Å². The monoisotopic (exact) mass is 394 g/mol. The lowest BCUT2D eigenvalue weighted by Gasteiger charge is -2.26. The van der Waals surface area contributed by atoms with Crippen molar-refractivity contribution in [3.05, 3.63) is 47.7 Å². The van der Waals surface area contributed by atoms with Gasteiger partial charge in [-0.15, -0.1) is 0 Å². The Labute approximate surface area is 174 Å². The van der Waals surface area contributed by atoms with Gasteiger partial charge in [-0.3, -0.25) is 4.90 Å². The molecule has 4 N–H and O–H groups in total. The Morgan fingerprint density at radius 1 is 1.10 bits per heavy atom. The number of nitrogens with two attached hydrogens (primary N) is 1. The summed E-state index contributed by atoms with van der Waals surface area (Å²) in [4.78, 5) is 7.00. The van der Waals surface area contributed by atoms with Crippen molar-refractivity contribution in [1.82, 2.24) is 15.2 Å². The molecule has 0 bridgehead atoms. The van der Waals surface area contributed by atoms with Crippen LogP contribution in [0.2, 0.25) is 0 Å². The lowest BCUT2D eigenvalue weighted by molar-refractivity contribution is 0.116. The smallest absolute Gasteiger partial charge is 0.127 e. The summed E-state index contributed by atoms with van der Waals surface area (Å²) in [7, 11) is 0. The highest BCUT2D eigenvalue weighted by Crippen LogP contribution is 2.25. The van der Waals surface area contributed by atoms with Gasteiger partial charge in [-0.05, 0) is 69.2 Å². The molecule has 2 aliphatic rings. The molecule has 156 valence electrons. The molecule has 0 spiro atoms. The number of pyridine rings is 1. The maximum absolute atomic E-state index is 9.67. The number of aliphatic hydroxyl groups is 1. The summed E-state index contributed by atoms with van der Waals surface area (Å²) in [6, 6.07) is 12.2. The number of hydrogen-bond donors (Lipinski definition) is 3. The maximum Gasteiger partial charge on any atom is 0.127 e. The standard InChI is InChI=1S/C24H34N4O/c1-17-3-2-12-28(17)16-18-4-6-19(7-5-18)20-13-21(24(25)27-14-20)15-26-22-8-10-23(29)11-9-22/h4-7,13-14,17,22-23,26,29H,2-3,8-12,15-16H2,1H3,(H2,25,27)/t17-,22-,23-/m1/s1. The average molecular weight is 395 g/mol. The van der Waals surface area contributed by atoms with Crippen LogP contribution in [0.15, 0.2) is 36.5 Å². The molecule has 5 heteroatoms. The summed E-state index contributed by atoms with van der Waals surface area (Å²) in [5.74, 6) is 0.594. The number of hydrogen-bond acceptors (Lipinski definition) is 5. The molecule has 5 nitrogen and oxygen atoms in total. The Kier molecular flexibility index (Phi) is 6.48. The highest BCUT2D eigenvalue weighted by molar-refractivity contribution is 5.65. The van der Waals surface area contributed by atoms with Gasteiger partial charge in [0.25, 0.3) is 0 Å². The fraction of sp³-hybridized carbons (Fsp3) is 0.542. The van der Waals surface area contributed by atoms with Crippen molar-refractivity contribution < 1.29 is 5.11 Å². The first-order valence-corrected chi connectivity index (χ1v) is 11.1. The van der Waals surface area contributed by atoms with Gasteiger partial charge < -0.3 is 16.2 Å². The molecule has 0 amide bonds. The van der Waals surface area contributed by atoms with Crippen molar-refractivity contribution in [3.63, 3.8) is 0 Å². The lowest BCUT2D eigenvalue weighted by Crippen LogP contribution is -2.34. The topological polar surface area (TPSA) is 74.4 Å². The quantitative estimate of drug-likeness (QED) is 0.696. The van der Waals surface area contributed by atoms with E-state index in [9.17, 15) is 5.11 Å². The third-order valence-corrected chi connectivity index (χ3v) is 6.64. The number of anilines is 1. The Hall–Kier alpha value is -1.95. The van der Waals surface area contributed by atoms with Crippen LogP contribution in [0.1, 0.15) is 56.6 Å². The first-order chi connectivity index (χ1) is 14.1. The van der Waals surface area contributed by atoms with Crippen molar-refractivity contribution in [2.24, 2.45) is 0 Å². The second-order valence-corrected chi connectivity index (χ2v) is 8.81. The van der Waals surface area contributed by atoms with Crippen LogP contribution >= 0.6 is 0 Å². The van der Waals surface area contributed by atoms with E-state index in [1.165, 1.54) is 30.5 Å². The van der Waals surface area contributed by atoms with Gasteiger partial charge in [0.15, 0.2) is 0 Å². The molecule has 1 aliphatic heterocycles. The molecule has 2 heterocycles. The fourth-order valence-electron chi connectivity index (χ4n) is 4.62. The highest BCUT2D eigenvalue weighted by Gasteiger charge is 2.20. The van der Waals surface area contributed by atoms with Gasteiger partial charge >= 0.3 is 0 Å². The van der Waals surface area contributed by atoms with E-state index in [0.717, 1.165) is 49.9 Å². The van der Waals surface area contributed by atoms with Gasteiger partial charge in [0.05, 0.1) is 6.10 Å².